The Morgan fingerprint density at radius 2 is 2.17 bits per heavy atom. The normalized spacial score (nSPS) is 29.8. The van der Waals surface area contributed by atoms with Crippen LogP contribution in [0.3, 0.4) is 0 Å². The van der Waals surface area contributed by atoms with E-state index in [0.29, 0.717) is 0 Å². The number of alkyl halides is 1. The Kier molecular flexibility index (Phi) is 2.05. The molecule has 1 unspecified atom stereocenters. The van der Waals surface area contributed by atoms with Crippen LogP contribution in [0, 0.1) is 0 Å². The molecule has 66 valence electrons. The Morgan fingerprint density at radius 1 is 1.67 bits per heavy atom. The van der Waals surface area contributed by atoms with Crippen LogP contribution in [-0.2, 0) is 14.4 Å². The van der Waals surface area contributed by atoms with Gasteiger partial charge in [-0.2, -0.15) is 5.06 Å². The second-order valence-corrected chi connectivity index (χ2v) is 3.90. The third kappa shape index (κ3) is 1.07. The number of halogens is 1. The molecule has 1 atom stereocenters. The van der Waals surface area contributed by atoms with Crippen molar-refractivity contribution in [2.24, 2.45) is 0 Å². The van der Waals surface area contributed by atoms with E-state index in [1.165, 1.54) is 6.92 Å². The van der Waals surface area contributed by atoms with Crippen LogP contribution in [0.1, 0.15) is 13.3 Å². The van der Waals surface area contributed by atoms with Gasteiger partial charge in [0.1, 0.15) is 0 Å². The van der Waals surface area contributed by atoms with Crippen molar-refractivity contribution in [2.45, 2.75) is 17.7 Å². The smallest absolute Gasteiger partial charge is 0.278 e. The zero-order chi connectivity index (χ0) is 9.52. The fourth-order valence-electron chi connectivity index (χ4n) is 0.915. The SMILES string of the molecule is CC(=O)C1(Br)CC(=O)N(O)C1=O. The molecule has 0 aromatic heterocycles. The van der Waals surface area contributed by atoms with Crippen molar-refractivity contribution < 1.29 is 19.6 Å². The first-order valence-electron chi connectivity index (χ1n) is 3.16. The van der Waals surface area contributed by atoms with Gasteiger partial charge in [0, 0.05) is 0 Å². The summed E-state index contributed by atoms with van der Waals surface area (Å²) in [6.45, 7) is 1.18. The van der Waals surface area contributed by atoms with Crippen molar-refractivity contribution in [3.05, 3.63) is 0 Å². The van der Waals surface area contributed by atoms with Crippen LogP contribution in [0.5, 0.6) is 0 Å². The molecule has 1 saturated heterocycles. The molecule has 12 heavy (non-hydrogen) atoms. The van der Waals surface area contributed by atoms with Gasteiger partial charge in [0.2, 0.25) is 0 Å². The predicted molar refractivity (Wildman–Crippen MR) is 40.6 cm³/mol. The van der Waals surface area contributed by atoms with Crippen LogP contribution in [-0.4, -0.2) is 32.2 Å². The van der Waals surface area contributed by atoms with Gasteiger partial charge in [-0.3, -0.25) is 19.6 Å². The standard InChI is InChI=1S/C6H6BrNO4/c1-3(9)6(7)2-4(10)8(12)5(6)11/h12H,2H2,1H3. The molecule has 1 heterocycles. The maximum absolute atomic E-state index is 11.1. The van der Waals surface area contributed by atoms with Crippen LogP contribution in [0.2, 0.25) is 0 Å². The summed E-state index contributed by atoms with van der Waals surface area (Å²) in [4.78, 5) is 32.8. The Balaban J connectivity index is 3.05. The molecule has 1 aliphatic heterocycles. The predicted octanol–water partition coefficient (Wildman–Crippen LogP) is -0.143. The Morgan fingerprint density at radius 3 is 2.33 bits per heavy atom. The molecule has 6 heteroatoms. The minimum absolute atomic E-state index is 0.0316. The minimum atomic E-state index is -1.54. The molecule has 1 fully saturated rings. The average molecular weight is 236 g/mol. The number of carbonyl (C=O) groups excluding carboxylic acids is 3. The van der Waals surface area contributed by atoms with Gasteiger partial charge in [-0.15, -0.1) is 0 Å². The molecule has 1 N–H and O–H groups in total. The lowest BCUT2D eigenvalue weighted by Crippen LogP contribution is -2.39. The lowest BCUT2D eigenvalue weighted by atomic mass is 10.0. The van der Waals surface area contributed by atoms with Gasteiger partial charge < -0.3 is 0 Å². The van der Waals surface area contributed by atoms with Crippen molar-refractivity contribution in [3.8, 4) is 0 Å². The maximum atomic E-state index is 11.1. The molecule has 0 aliphatic carbocycles. The van der Waals surface area contributed by atoms with Gasteiger partial charge >= 0.3 is 0 Å². The third-order valence-corrected chi connectivity index (χ3v) is 2.90. The fourth-order valence-corrected chi connectivity index (χ4v) is 1.32. The first-order chi connectivity index (χ1) is 5.39. The maximum Gasteiger partial charge on any atom is 0.278 e. The highest BCUT2D eigenvalue weighted by atomic mass is 79.9. The van der Waals surface area contributed by atoms with E-state index < -0.39 is 21.9 Å². The number of nitrogens with zero attached hydrogens (tertiary/aromatic N) is 1. The second-order valence-electron chi connectivity index (χ2n) is 2.54. The number of ketones is 1. The van der Waals surface area contributed by atoms with E-state index in [2.05, 4.69) is 15.9 Å². The summed E-state index contributed by atoms with van der Waals surface area (Å²) < 4.78 is -1.54. The molecule has 0 saturated carbocycles. The van der Waals surface area contributed by atoms with Crippen LogP contribution in [0.25, 0.3) is 0 Å². The number of hydroxylamine groups is 2. The van der Waals surface area contributed by atoms with E-state index in [-0.39, 0.29) is 11.5 Å². The molecular formula is C6H6BrNO4. The van der Waals surface area contributed by atoms with Gasteiger partial charge in [-0.1, -0.05) is 15.9 Å². The highest BCUT2D eigenvalue weighted by Crippen LogP contribution is 2.32. The van der Waals surface area contributed by atoms with Gasteiger partial charge in [0.15, 0.2) is 10.1 Å². The molecule has 1 rings (SSSR count). The minimum Gasteiger partial charge on any atom is -0.298 e. The molecule has 0 spiro atoms. The van der Waals surface area contributed by atoms with E-state index in [1.807, 2.05) is 0 Å². The molecule has 0 radical (unpaired) electrons. The lowest BCUT2D eigenvalue weighted by molar-refractivity contribution is -0.171. The zero-order valence-electron chi connectivity index (χ0n) is 6.20. The third-order valence-electron chi connectivity index (χ3n) is 1.72. The topological polar surface area (TPSA) is 74.7 Å². The van der Waals surface area contributed by atoms with Crippen LogP contribution < -0.4 is 0 Å². The molecule has 2 amide bonds. The Labute approximate surface area is 76.4 Å². The van der Waals surface area contributed by atoms with Crippen molar-refractivity contribution in [3.63, 3.8) is 0 Å². The number of hydrogen-bond donors (Lipinski definition) is 1. The van der Waals surface area contributed by atoms with Crippen molar-refractivity contribution in [1.82, 2.24) is 5.06 Å². The van der Waals surface area contributed by atoms with E-state index >= 15 is 0 Å². The molecule has 0 aromatic carbocycles. The average Bonchev–Trinajstić information content (AvgIpc) is 2.17. The van der Waals surface area contributed by atoms with E-state index in [9.17, 15) is 14.4 Å². The van der Waals surface area contributed by atoms with Crippen LogP contribution in [0.15, 0.2) is 0 Å². The summed E-state index contributed by atoms with van der Waals surface area (Å²) in [5.74, 6) is -2.18. The zero-order valence-corrected chi connectivity index (χ0v) is 7.79. The first-order valence-corrected chi connectivity index (χ1v) is 3.95. The Bertz CT molecular complexity index is 275. The molecule has 0 aromatic rings. The number of rotatable bonds is 1. The number of Topliss-reactive ketones (excluding diaryl/α,β-unsaturated/α-hetero) is 1. The van der Waals surface area contributed by atoms with Crippen molar-refractivity contribution in [2.75, 3.05) is 0 Å². The molecule has 0 bridgehead atoms. The number of amides is 2. The fraction of sp³-hybridized carbons (Fsp3) is 0.500. The summed E-state index contributed by atoms with van der Waals surface area (Å²) in [6, 6.07) is 0. The van der Waals surface area contributed by atoms with Crippen LogP contribution >= 0.6 is 15.9 Å². The quantitative estimate of drug-likeness (QED) is 0.297. The molecule has 5 nitrogen and oxygen atoms in total. The number of hydrogen-bond acceptors (Lipinski definition) is 4. The van der Waals surface area contributed by atoms with E-state index in [4.69, 9.17) is 5.21 Å². The Hall–Kier alpha value is -0.750. The van der Waals surface area contributed by atoms with Gasteiger partial charge in [-0.05, 0) is 6.92 Å². The first kappa shape index (κ1) is 9.34. The van der Waals surface area contributed by atoms with Gasteiger partial charge in [0.05, 0.1) is 6.42 Å². The second kappa shape index (κ2) is 2.63. The van der Waals surface area contributed by atoms with Crippen molar-refractivity contribution in [1.29, 1.82) is 0 Å². The summed E-state index contributed by atoms with van der Waals surface area (Å²) in [7, 11) is 0. The highest BCUT2D eigenvalue weighted by molar-refractivity contribution is 9.10. The molecule has 1 aliphatic rings. The van der Waals surface area contributed by atoms with Crippen molar-refractivity contribution >= 4 is 33.5 Å². The summed E-state index contributed by atoms with van der Waals surface area (Å²) in [5, 5.41) is 8.77. The highest BCUT2D eigenvalue weighted by Gasteiger charge is 2.53. The monoisotopic (exact) mass is 235 g/mol. The number of imide groups is 1. The van der Waals surface area contributed by atoms with E-state index in [0.717, 1.165) is 0 Å². The van der Waals surface area contributed by atoms with Gasteiger partial charge in [-0.25, -0.2) is 0 Å². The van der Waals surface area contributed by atoms with Gasteiger partial charge in [0.25, 0.3) is 11.8 Å². The number of carbonyl (C=O) groups is 3. The van der Waals surface area contributed by atoms with E-state index in [1.54, 1.807) is 0 Å². The largest absolute Gasteiger partial charge is 0.298 e. The summed E-state index contributed by atoms with van der Waals surface area (Å²) >= 11 is 2.83. The lowest BCUT2D eigenvalue weighted by Gasteiger charge is -2.12. The molecular weight excluding hydrogens is 230 g/mol. The summed E-state index contributed by atoms with van der Waals surface area (Å²) in [5.41, 5.74) is 0. The van der Waals surface area contributed by atoms with Crippen LogP contribution in [0.4, 0.5) is 0 Å². The summed E-state index contributed by atoms with van der Waals surface area (Å²) in [6.07, 6.45) is -0.322.